The van der Waals surface area contributed by atoms with Crippen LogP contribution in [-0.4, -0.2) is 48.3 Å². The molecule has 4 nitrogen and oxygen atoms in total. The van der Waals surface area contributed by atoms with Gasteiger partial charge in [-0.05, 0) is 36.0 Å². The zero-order chi connectivity index (χ0) is 19.8. The van der Waals surface area contributed by atoms with E-state index in [1.807, 2.05) is 19.0 Å². The maximum Gasteiger partial charge on any atom is 0.225 e. The molecule has 0 spiro atoms. The Morgan fingerprint density at radius 1 is 1.12 bits per heavy atom. The summed E-state index contributed by atoms with van der Waals surface area (Å²) in [7, 11) is 3.68. The van der Waals surface area contributed by atoms with Crippen molar-refractivity contribution in [1.82, 2.24) is 9.80 Å². The number of rotatable bonds is 6. The lowest BCUT2D eigenvalue weighted by atomic mass is 9.58. The fourth-order valence-electron chi connectivity index (χ4n) is 3.88. The third kappa shape index (κ3) is 4.57. The Labute approximate surface area is 155 Å². The standard InChI is InChI=1S/C21H40N2O2/c1-15(23-13-11-12-17(23)24)21(7,8)20(5,6)14-16(19(2,3)4)18(25)22(9)10/h15-16H,11-14H2,1-10H3. The molecule has 0 N–H and O–H groups in total. The molecule has 1 aliphatic heterocycles. The van der Waals surface area contributed by atoms with E-state index in [-0.39, 0.29) is 40.0 Å². The van der Waals surface area contributed by atoms with Crippen molar-refractivity contribution in [3.8, 4) is 0 Å². The second-order valence-corrected chi connectivity index (χ2v) is 10.3. The molecule has 1 aliphatic rings. The number of nitrogens with zero attached hydrogens (tertiary/aromatic N) is 2. The summed E-state index contributed by atoms with van der Waals surface area (Å²) in [5.74, 6) is 0.424. The molecule has 1 fully saturated rings. The fourth-order valence-corrected chi connectivity index (χ4v) is 3.88. The molecule has 2 unspecified atom stereocenters. The van der Waals surface area contributed by atoms with Crippen LogP contribution in [0.1, 0.15) is 74.7 Å². The highest BCUT2D eigenvalue weighted by molar-refractivity contribution is 5.79. The fraction of sp³-hybridized carbons (Fsp3) is 0.905. The Kier molecular flexibility index (Phi) is 6.40. The van der Waals surface area contributed by atoms with Gasteiger partial charge >= 0.3 is 0 Å². The van der Waals surface area contributed by atoms with Gasteiger partial charge in [0.05, 0.1) is 0 Å². The van der Waals surface area contributed by atoms with Gasteiger partial charge < -0.3 is 9.80 Å². The molecule has 0 saturated carbocycles. The Hall–Kier alpha value is -1.06. The van der Waals surface area contributed by atoms with Crippen molar-refractivity contribution in [3.05, 3.63) is 0 Å². The molecule has 146 valence electrons. The highest BCUT2D eigenvalue weighted by Crippen LogP contribution is 2.50. The van der Waals surface area contributed by atoms with Gasteiger partial charge in [-0.1, -0.05) is 48.5 Å². The van der Waals surface area contributed by atoms with Crippen LogP contribution in [0.5, 0.6) is 0 Å². The van der Waals surface area contributed by atoms with Crippen molar-refractivity contribution >= 4 is 11.8 Å². The summed E-state index contributed by atoms with van der Waals surface area (Å²) in [5, 5.41) is 0. The molecule has 2 amide bonds. The van der Waals surface area contributed by atoms with Crippen LogP contribution in [0.15, 0.2) is 0 Å². The number of carbonyl (C=O) groups is 2. The molecule has 2 atom stereocenters. The number of hydrogen-bond donors (Lipinski definition) is 0. The van der Waals surface area contributed by atoms with Crippen LogP contribution >= 0.6 is 0 Å². The number of amides is 2. The van der Waals surface area contributed by atoms with E-state index in [2.05, 4.69) is 55.4 Å². The van der Waals surface area contributed by atoms with Crippen molar-refractivity contribution in [2.45, 2.75) is 80.7 Å². The van der Waals surface area contributed by atoms with Gasteiger partial charge in [0.15, 0.2) is 0 Å². The third-order valence-corrected chi connectivity index (χ3v) is 6.86. The first-order chi connectivity index (χ1) is 11.1. The largest absolute Gasteiger partial charge is 0.349 e. The van der Waals surface area contributed by atoms with Crippen LogP contribution in [0, 0.1) is 22.2 Å². The van der Waals surface area contributed by atoms with E-state index >= 15 is 0 Å². The normalized spacial score (nSPS) is 19.1. The maximum atomic E-state index is 12.8. The number of hydrogen-bond acceptors (Lipinski definition) is 2. The predicted octanol–water partition coefficient (Wildman–Crippen LogP) is 4.19. The first-order valence-electron chi connectivity index (χ1n) is 9.63. The van der Waals surface area contributed by atoms with Crippen molar-refractivity contribution in [3.63, 3.8) is 0 Å². The summed E-state index contributed by atoms with van der Waals surface area (Å²) in [6, 6.07) is 0.160. The summed E-state index contributed by atoms with van der Waals surface area (Å²) in [4.78, 5) is 28.8. The summed E-state index contributed by atoms with van der Waals surface area (Å²) in [6.07, 6.45) is 2.45. The Balaban J connectivity index is 3.10. The van der Waals surface area contributed by atoms with Crippen LogP contribution in [0.3, 0.4) is 0 Å². The highest BCUT2D eigenvalue weighted by atomic mass is 16.2. The van der Waals surface area contributed by atoms with E-state index in [9.17, 15) is 9.59 Å². The van der Waals surface area contributed by atoms with Crippen molar-refractivity contribution in [2.75, 3.05) is 20.6 Å². The lowest BCUT2D eigenvalue weighted by Gasteiger charge is -2.51. The monoisotopic (exact) mass is 352 g/mol. The Bertz CT molecular complexity index is 501. The average molecular weight is 353 g/mol. The average Bonchev–Trinajstić information content (AvgIpc) is 2.87. The van der Waals surface area contributed by atoms with Crippen LogP contribution < -0.4 is 0 Å². The molecule has 0 aromatic rings. The van der Waals surface area contributed by atoms with Crippen molar-refractivity contribution < 1.29 is 9.59 Å². The number of carbonyl (C=O) groups excluding carboxylic acids is 2. The smallest absolute Gasteiger partial charge is 0.225 e. The lowest BCUT2D eigenvalue weighted by molar-refractivity contribution is -0.141. The van der Waals surface area contributed by atoms with E-state index in [4.69, 9.17) is 0 Å². The second kappa shape index (κ2) is 7.28. The molecule has 0 bridgehead atoms. The van der Waals surface area contributed by atoms with Gasteiger partial charge in [-0.25, -0.2) is 0 Å². The Morgan fingerprint density at radius 3 is 2.00 bits per heavy atom. The molecular weight excluding hydrogens is 312 g/mol. The molecule has 4 heteroatoms. The van der Waals surface area contributed by atoms with Crippen molar-refractivity contribution in [2.24, 2.45) is 22.2 Å². The molecule has 0 aromatic heterocycles. The molecule has 1 saturated heterocycles. The van der Waals surface area contributed by atoms with Gasteiger partial charge in [-0.2, -0.15) is 0 Å². The molecule has 1 rings (SSSR count). The minimum Gasteiger partial charge on any atom is -0.349 e. The molecular formula is C21H40N2O2. The van der Waals surface area contributed by atoms with E-state index in [0.29, 0.717) is 6.42 Å². The molecule has 25 heavy (non-hydrogen) atoms. The summed E-state index contributed by atoms with van der Waals surface area (Å²) < 4.78 is 0. The molecule has 0 aliphatic carbocycles. The van der Waals surface area contributed by atoms with Gasteiger partial charge in [0, 0.05) is 39.0 Å². The Morgan fingerprint density at radius 2 is 1.64 bits per heavy atom. The minimum atomic E-state index is -0.0958. The van der Waals surface area contributed by atoms with Gasteiger partial charge in [0.2, 0.25) is 11.8 Å². The third-order valence-electron chi connectivity index (χ3n) is 6.86. The van der Waals surface area contributed by atoms with E-state index in [1.54, 1.807) is 4.90 Å². The lowest BCUT2D eigenvalue weighted by Crippen LogP contribution is -2.52. The van der Waals surface area contributed by atoms with Gasteiger partial charge in [-0.15, -0.1) is 0 Å². The molecule has 0 aromatic carbocycles. The van der Waals surface area contributed by atoms with Gasteiger partial charge in [0.25, 0.3) is 0 Å². The SMILES string of the molecule is CC(N1CCCC1=O)C(C)(C)C(C)(C)CC(C(=O)N(C)C)C(C)(C)C. The summed E-state index contributed by atoms with van der Waals surface area (Å²) in [5.41, 5.74) is -0.274. The van der Waals surface area contributed by atoms with E-state index in [0.717, 1.165) is 19.4 Å². The van der Waals surface area contributed by atoms with Crippen LogP contribution in [0.2, 0.25) is 0 Å². The first kappa shape index (κ1) is 22.0. The van der Waals surface area contributed by atoms with E-state index < -0.39 is 0 Å². The molecule has 0 radical (unpaired) electrons. The quantitative estimate of drug-likeness (QED) is 0.719. The zero-order valence-corrected chi connectivity index (χ0v) is 18.2. The van der Waals surface area contributed by atoms with Gasteiger partial charge in [-0.3, -0.25) is 9.59 Å². The second-order valence-electron chi connectivity index (χ2n) is 10.3. The van der Waals surface area contributed by atoms with Crippen LogP contribution in [0.25, 0.3) is 0 Å². The van der Waals surface area contributed by atoms with Crippen LogP contribution in [0.4, 0.5) is 0 Å². The maximum absolute atomic E-state index is 12.8. The predicted molar refractivity (Wildman–Crippen MR) is 104 cm³/mol. The summed E-state index contributed by atoms with van der Waals surface area (Å²) in [6.45, 7) is 18.5. The number of likely N-dealkylation sites (tertiary alicyclic amines) is 1. The van der Waals surface area contributed by atoms with Crippen molar-refractivity contribution in [1.29, 1.82) is 0 Å². The zero-order valence-electron chi connectivity index (χ0n) is 18.2. The highest BCUT2D eigenvalue weighted by Gasteiger charge is 2.48. The van der Waals surface area contributed by atoms with Crippen LogP contribution in [-0.2, 0) is 9.59 Å². The molecule has 1 heterocycles. The van der Waals surface area contributed by atoms with Gasteiger partial charge in [0.1, 0.15) is 0 Å². The summed E-state index contributed by atoms with van der Waals surface area (Å²) >= 11 is 0. The van der Waals surface area contributed by atoms with E-state index in [1.165, 1.54) is 0 Å². The topological polar surface area (TPSA) is 40.6 Å². The minimum absolute atomic E-state index is 0.0433. The first-order valence-corrected chi connectivity index (χ1v) is 9.63.